The van der Waals surface area contributed by atoms with Crippen LogP contribution in [0.25, 0.3) is 37.7 Å². The van der Waals surface area contributed by atoms with Crippen LogP contribution in [0.5, 0.6) is 0 Å². The molecular formula is C30H25FN6OS3. The molecule has 7 rings (SSSR count). The molecule has 2 aromatic carbocycles. The Morgan fingerprint density at radius 3 is 2.54 bits per heavy atom. The average Bonchev–Trinajstić information content (AvgIpc) is 3.75. The lowest BCUT2D eigenvalue weighted by Crippen LogP contribution is -2.36. The summed E-state index contributed by atoms with van der Waals surface area (Å²) in [5, 5.41) is 15.7. The smallest absolute Gasteiger partial charge is 0.202 e. The van der Waals surface area contributed by atoms with E-state index < -0.39 is 0 Å². The van der Waals surface area contributed by atoms with E-state index in [-0.39, 0.29) is 5.82 Å². The normalized spacial score (nSPS) is 14.2. The highest BCUT2D eigenvalue weighted by Crippen LogP contribution is 2.42. The van der Waals surface area contributed by atoms with Crippen LogP contribution in [0, 0.1) is 12.7 Å². The summed E-state index contributed by atoms with van der Waals surface area (Å²) in [6.45, 7) is 5.81. The number of thiophene rings is 2. The van der Waals surface area contributed by atoms with E-state index in [0.717, 1.165) is 55.8 Å². The SMILES string of the molecule is Cc1ccc(-n2c(Sc3nc(CN4CCOCC4)nc4scc(-c5cccs5)c34)nnc2-c2ccccc2F)cc1. The quantitative estimate of drug-likeness (QED) is 0.181. The van der Waals surface area contributed by atoms with Crippen LogP contribution in [-0.2, 0) is 11.3 Å². The molecule has 1 aliphatic rings. The summed E-state index contributed by atoms with van der Waals surface area (Å²) in [6, 6.07) is 18.9. The fraction of sp³-hybridized carbons (Fsp3) is 0.200. The van der Waals surface area contributed by atoms with E-state index in [2.05, 4.69) is 38.0 Å². The second-order valence-corrected chi connectivity index (χ2v) is 12.5. The van der Waals surface area contributed by atoms with Crippen molar-refractivity contribution in [3.05, 3.63) is 88.6 Å². The predicted molar refractivity (Wildman–Crippen MR) is 162 cm³/mol. The second kappa shape index (κ2) is 11.4. The van der Waals surface area contributed by atoms with Gasteiger partial charge in [0.05, 0.1) is 30.7 Å². The van der Waals surface area contributed by atoms with Crippen LogP contribution in [0.1, 0.15) is 11.4 Å². The van der Waals surface area contributed by atoms with Crippen molar-refractivity contribution >= 4 is 44.7 Å². The molecule has 0 spiro atoms. The van der Waals surface area contributed by atoms with E-state index in [4.69, 9.17) is 14.7 Å². The van der Waals surface area contributed by atoms with Crippen molar-refractivity contribution in [2.45, 2.75) is 23.7 Å². The Balaban J connectivity index is 1.38. The summed E-state index contributed by atoms with van der Waals surface area (Å²) >= 11 is 4.76. The lowest BCUT2D eigenvalue weighted by molar-refractivity contribution is 0.0330. The van der Waals surface area contributed by atoms with Crippen LogP contribution in [-0.4, -0.2) is 55.9 Å². The summed E-state index contributed by atoms with van der Waals surface area (Å²) < 4.78 is 22.5. The fourth-order valence-corrected chi connectivity index (χ4v) is 7.68. The van der Waals surface area contributed by atoms with Crippen molar-refractivity contribution in [2.24, 2.45) is 0 Å². The standard InChI is InChI=1S/C30H25FN6OS3/c1-19-8-10-20(11-9-19)37-27(21-5-2-3-6-23(21)31)34-35-30(37)41-29-26-22(24-7-4-16-39-24)18-40-28(26)32-25(33-29)17-36-12-14-38-15-13-36/h2-11,16,18H,12-15,17H2,1H3. The van der Waals surface area contributed by atoms with Gasteiger partial charge in [0, 0.05) is 34.6 Å². The topological polar surface area (TPSA) is 69.0 Å². The highest BCUT2D eigenvalue weighted by molar-refractivity contribution is 7.99. The second-order valence-electron chi connectivity index (χ2n) is 9.70. The van der Waals surface area contributed by atoms with E-state index >= 15 is 4.39 Å². The Morgan fingerprint density at radius 1 is 0.927 bits per heavy atom. The number of nitrogens with zero attached hydrogens (tertiary/aromatic N) is 6. The number of aryl methyl sites for hydroxylation is 1. The molecule has 1 saturated heterocycles. The minimum Gasteiger partial charge on any atom is -0.379 e. The first-order chi connectivity index (χ1) is 20.1. The van der Waals surface area contributed by atoms with Crippen LogP contribution in [0.2, 0.25) is 0 Å². The van der Waals surface area contributed by atoms with Gasteiger partial charge >= 0.3 is 0 Å². The molecule has 5 heterocycles. The van der Waals surface area contributed by atoms with Crippen molar-refractivity contribution < 1.29 is 9.13 Å². The molecule has 4 aromatic heterocycles. The van der Waals surface area contributed by atoms with Gasteiger partial charge < -0.3 is 4.74 Å². The minimum atomic E-state index is -0.347. The van der Waals surface area contributed by atoms with Gasteiger partial charge in [0.2, 0.25) is 5.16 Å². The van der Waals surface area contributed by atoms with Crippen molar-refractivity contribution in [2.75, 3.05) is 26.3 Å². The molecule has 0 saturated carbocycles. The Morgan fingerprint density at radius 2 is 1.76 bits per heavy atom. The number of fused-ring (bicyclic) bond motifs is 1. The van der Waals surface area contributed by atoms with Crippen LogP contribution in [0.4, 0.5) is 4.39 Å². The zero-order valence-corrected chi connectivity index (χ0v) is 24.6. The maximum Gasteiger partial charge on any atom is 0.202 e. The lowest BCUT2D eigenvalue weighted by Gasteiger charge is -2.25. The number of hydrogen-bond acceptors (Lipinski definition) is 9. The molecule has 0 amide bonds. The molecule has 0 atom stereocenters. The van der Waals surface area contributed by atoms with E-state index in [1.807, 2.05) is 41.8 Å². The number of hydrogen-bond donors (Lipinski definition) is 0. The lowest BCUT2D eigenvalue weighted by atomic mass is 10.2. The third-order valence-electron chi connectivity index (χ3n) is 6.93. The monoisotopic (exact) mass is 600 g/mol. The average molecular weight is 601 g/mol. The Kier molecular flexibility index (Phi) is 7.36. The Hall–Kier alpha value is -3.48. The molecule has 0 unspecified atom stereocenters. The molecule has 0 aliphatic carbocycles. The number of benzene rings is 2. The maximum atomic E-state index is 15.0. The van der Waals surface area contributed by atoms with Crippen LogP contribution in [0.15, 0.2) is 81.6 Å². The number of aromatic nitrogens is 5. The third-order valence-corrected chi connectivity index (χ3v) is 9.64. The third kappa shape index (κ3) is 5.31. The maximum absolute atomic E-state index is 15.0. The van der Waals surface area contributed by atoms with Gasteiger partial charge in [-0.25, -0.2) is 14.4 Å². The molecule has 0 radical (unpaired) electrons. The van der Waals surface area contributed by atoms with Crippen molar-refractivity contribution in [1.29, 1.82) is 0 Å². The molecular weight excluding hydrogens is 576 g/mol. The van der Waals surface area contributed by atoms with Crippen molar-refractivity contribution in [1.82, 2.24) is 29.6 Å². The van der Waals surface area contributed by atoms with E-state index in [1.165, 1.54) is 17.8 Å². The molecule has 41 heavy (non-hydrogen) atoms. The number of rotatable bonds is 7. The molecule has 206 valence electrons. The number of ether oxygens (including phenoxy) is 1. The van der Waals surface area contributed by atoms with Crippen LogP contribution < -0.4 is 0 Å². The largest absolute Gasteiger partial charge is 0.379 e. The van der Waals surface area contributed by atoms with Gasteiger partial charge in [-0.2, -0.15) is 0 Å². The summed E-state index contributed by atoms with van der Waals surface area (Å²) in [7, 11) is 0. The van der Waals surface area contributed by atoms with Gasteiger partial charge in [-0.05, 0) is 54.4 Å². The zero-order valence-electron chi connectivity index (χ0n) is 22.2. The van der Waals surface area contributed by atoms with Crippen LogP contribution in [0.3, 0.4) is 0 Å². The highest BCUT2D eigenvalue weighted by atomic mass is 32.2. The van der Waals surface area contributed by atoms with Gasteiger partial charge in [-0.1, -0.05) is 35.9 Å². The highest BCUT2D eigenvalue weighted by Gasteiger charge is 2.24. The number of halogens is 1. The molecule has 7 nitrogen and oxygen atoms in total. The number of morpholine rings is 1. The minimum absolute atomic E-state index is 0.347. The molecule has 6 aromatic rings. The summed E-state index contributed by atoms with van der Waals surface area (Å²) in [4.78, 5) is 14.5. The fourth-order valence-electron chi connectivity index (χ4n) is 4.84. The molecule has 0 N–H and O–H groups in total. The summed E-state index contributed by atoms with van der Waals surface area (Å²) in [5.41, 5.74) is 3.48. The van der Waals surface area contributed by atoms with Gasteiger partial charge in [-0.15, -0.1) is 32.9 Å². The first-order valence-electron chi connectivity index (χ1n) is 13.2. The molecule has 1 fully saturated rings. The van der Waals surface area contributed by atoms with E-state index in [1.54, 1.807) is 34.8 Å². The Bertz CT molecular complexity index is 1810. The summed E-state index contributed by atoms with van der Waals surface area (Å²) in [6.07, 6.45) is 0. The van der Waals surface area contributed by atoms with Gasteiger partial charge in [0.1, 0.15) is 21.5 Å². The van der Waals surface area contributed by atoms with Crippen molar-refractivity contribution in [3.63, 3.8) is 0 Å². The van der Waals surface area contributed by atoms with Crippen molar-refractivity contribution in [3.8, 4) is 27.5 Å². The predicted octanol–water partition coefficient (Wildman–Crippen LogP) is 7.10. The van der Waals surface area contributed by atoms with Gasteiger partial charge in [0.25, 0.3) is 0 Å². The van der Waals surface area contributed by atoms with E-state index in [9.17, 15) is 0 Å². The first-order valence-corrected chi connectivity index (χ1v) is 15.8. The van der Waals surface area contributed by atoms with Gasteiger partial charge in [-0.3, -0.25) is 9.47 Å². The summed E-state index contributed by atoms with van der Waals surface area (Å²) in [5.74, 6) is 0.856. The van der Waals surface area contributed by atoms with E-state index in [0.29, 0.717) is 36.3 Å². The van der Waals surface area contributed by atoms with Crippen LogP contribution >= 0.6 is 34.4 Å². The molecule has 11 heteroatoms. The first kappa shape index (κ1) is 26.4. The Labute approximate surface area is 248 Å². The van der Waals surface area contributed by atoms with Gasteiger partial charge in [0.15, 0.2) is 5.82 Å². The zero-order chi connectivity index (χ0) is 27.8. The molecule has 0 bridgehead atoms. The molecule has 1 aliphatic heterocycles.